The summed E-state index contributed by atoms with van der Waals surface area (Å²) in [5, 5.41) is 24.2. The van der Waals surface area contributed by atoms with Crippen molar-refractivity contribution >= 4 is 26.2 Å². The van der Waals surface area contributed by atoms with Gasteiger partial charge in [0.2, 0.25) is 0 Å². The normalized spacial score (nSPS) is 19.3. The Bertz CT molecular complexity index is 956. The fourth-order valence-corrected chi connectivity index (χ4v) is 5.00. The molecule has 37 heavy (non-hydrogen) atoms. The molecule has 208 valence electrons. The molecule has 1 fully saturated rings. The summed E-state index contributed by atoms with van der Waals surface area (Å²) in [5.74, 6) is 0. The summed E-state index contributed by atoms with van der Waals surface area (Å²) in [6.07, 6.45) is -2.23. The molecule has 2 amide bonds. The van der Waals surface area contributed by atoms with E-state index < -0.39 is 43.2 Å². The number of aliphatic hydroxyl groups excluding tert-OH is 1. The molecular weight excluding hydrogens is 498 g/mol. The minimum Gasteiger partial charge on any atom is -0.445 e. The van der Waals surface area contributed by atoms with E-state index in [0.29, 0.717) is 12.0 Å². The molecule has 0 aromatic heterocycles. The van der Waals surface area contributed by atoms with E-state index in [4.69, 9.17) is 13.9 Å². The molecule has 2 rings (SSSR count). The molecule has 0 radical (unpaired) electrons. The number of benzene rings is 1. The van der Waals surface area contributed by atoms with Gasteiger partial charge in [-0.3, -0.25) is 15.0 Å². The number of hydrogen-bond donors (Lipinski definition) is 2. The Morgan fingerprint density at radius 1 is 1.19 bits per heavy atom. The number of likely N-dealkylation sites (tertiary alicyclic amines) is 1. The van der Waals surface area contributed by atoms with Crippen LogP contribution in [-0.4, -0.2) is 72.4 Å². The zero-order valence-electron chi connectivity index (χ0n) is 23.1. The van der Waals surface area contributed by atoms with Crippen molar-refractivity contribution in [3.63, 3.8) is 0 Å². The highest BCUT2D eigenvalue weighted by atomic mass is 28.4. The predicted octanol–water partition coefficient (Wildman–Crippen LogP) is 4.58. The van der Waals surface area contributed by atoms with Crippen LogP contribution in [0.2, 0.25) is 18.1 Å². The number of nitro benzene ring substituents is 1. The van der Waals surface area contributed by atoms with E-state index in [2.05, 4.69) is 39.2 Å². The van der Waals surface area contributed by atoms with Gasteiger partial charge in [0.1, 0.15) is 12.2 Å². The molecule has 1 heterocycles. The van der Waals surface area contributed by atoms with Gasteiger partial charge in [-0.15, -0.1) is 0 Å². The first-order valence-corrected chi connectivity index (χ1v) is 15.3. The zero-order chi connectivity index (χ0) is 28.2. The van der Waals surface area contributed by atoms with Crippen molar-refractivity contribution in [3.8, 4) is 0 Å². The van der Waals surface area contributed by atoms with E-state index in [1.54, 1.807) is 20.8 Å². The van der Waals surface area contributed by atoms with Crippen LogP contribution < -0.4 is 5.32 Å². The van der Waals surface area contributed by atoms with Gasteiger partial charge in [0.05, 0.1) is 23.2 Å². The van der Waals surface area contributed by atoms with E-state index in [0.717, 1.165) is 0 Å². The topological polar surface area (TPSA) is 140 Å². The molecule has 0 spiro atoms. The number of carbonyl (C=O) groups is 2. The SMILES string of the molecule is CC(C)(C)OC(=O)N1C[C@H](O[Si](C)(C)C(C)(C)C)C[C@H]1[C@H](O)CNC(=O)OCc1ccc([N+](=O)[O-])cc1. The van der Waals surface area contributed by atoms with E-state index in [-0.39, 0.29) is 36.5 Å². The number of amides is 2. The number of nitrogens with zero attached hydrogens (tertiary/aromatic N) is 2. The summed E-state index contributed by atoms with van der Waals surface area (Å²) in [5.41, 5.74) is -0.178. The van der Waals surface area contributed by atoms with Crippen LogP contribution in [0.1, 0.15) is 53.5 Å². The molecule has 1 aliphatic heterocycles. The van der Waals surface area contributed by atoms with E-state index in [9.17, 15) is 24.8 Å². The number of carbonyl (C=O) groups excluding carboxylic acids is 2. The third-order valence-corrected chi connectivity index (χ3v) is 11.2. The predicted molar refractivity (Wildman–Crippen MR) is 141 cm³/mol. The Balaban J connectivity index is 2.00. The lowest BCUT2D eigenvalue weighted by atomic mass is 10.1. The molecule has 1 aromatic carbocycles. The first-order valence-electron chi connectivity index (χ1n) is 12.4. The van der Waals surface area contributed by atoms with Gasteiger partial charge in [0.25, 0.3) is 5.69 Å². The van der Waals surface area contributed by atoms with Gasteiger partial charge in [0.15, 0.2) is 8.32 Å². The van der Waals surface area contributed by atoms with Gasteiger partial charge < -0.3 is 24.3 Å². The largest absolute Gasteiger partial charge is 0.445 e. The van der Waals surface area contributed by atoms with Crippen molar-refractivity contribution in [1.29, 1.82) is 0 Å². The number of rotatable bonds is 8. The third kappa shape index (κ3) is 8.97. The number of nitro groups is 1. The maximum Gasteiger partial charge on any atom is 0.410 e. The van der Waals surface area contributed by atoms with Gasteiger partial charge >= 0.3 is 12.2 Å². The first-order chi connectivity index (χ1) is 16.9. The minimum atomic E-state index is -2.12. The highest BCUT2D eigenvalue weighted by Crippen LogP contribution is 2.39. The van der Waals surface area contributed by atoms with Gasteiger partial charge in [-0.05, 0) is 63.0 Å². The molecule has 3 atom stereocenters. The van der Waals surface area contributed by atoms with Gasteiger partial charge in [0, 0.05) is 25.2 Å². The zero-order valence-corrected chi connectivity index (χ0v) is 24.1. The highest BCUT2D eigenvalue weighted by Gasteiger charge is 2.46. The lowest BCUT2D eigenvalue weighted by Crippen LogP contribution is -2.49. The third-order valence-electron chi connectivity index (χ3n) is 6.62. The van der Waals surface area contributed by atoms with Crippen molar-refractivity contribution in [2.75, 3.05) is 13.1 Å². The molecule has 11 nitrogen and oxygen atoms in total. The van der Waals surface area contributed by atoms with Crippen LogP contribution >= 0.6 is 0 Å². The minimum absolute atomic E-state index is 0.0184. The van der Waals surface area contributed by atoms with Crippen LogP contribution in [-0.2, 0) is 20.5 Å². The van der Waals surface area contributed by atoms with Crippen molar-refractivity contribution < 1.29 is 33.5 Å². The number of nitrogens with one attached hydrogen (secondary N) is 1. The molecule has 0 unspecified atom stereocenters. The van der Waals surface area contributed by atoms with Crippen molar-refractivity contribution in [2.24, 2.45) is 0 Å². The van der Waals surface area contributed by atoms with Crippen molar-refractivity contribution in [3.05, 3.63) is 39.9 Å². The van der Waals surface area contributed by atoms with E-state index in [1.165, 1.54) is 29.2 Å². The maximum absolute atomic E-state index is 12.9. The fourth-order valence-electron chi connectivity index (χ4n) is 3.64. The second kappa shape index (κ2) is 11.8. The summed E-state index contributed by atoms with van der Waals surface area (Å²) in [6, 6.07) is 5.04. The highest BCUT2D eigenvalue weighted by molar-refractivity contribution is 6.74. The van der Waals surface area contributed by atoms with Crippen LogP contribution in [0.25, 0.3) is 0 Å². The lowest BCUT2D eigenvalue weighted by molar-refractivity contribution is -0.384. The Labute approximate surface area is 219 Å². The summed E-state index contributed by atoms with van der Waals surface area (Å²) in [6.45, 7) is 16.1. The van der Waals surface area contributed by atoms with E-state index in [1.807, 2.05) is 0 Å². The molecule has 1 aromatic rings. The average molecular weight is 540 g/mol. The first kappa shape index (κ1) is 30.5. The van der Waals surface area contributed by atoms with Crippen LogP contribution in [0.15, 0.2) is 24.3 Å². The standard InChI is InChI=1S/C25H41N3O8Si/c1-24(2,3)35-23(31)27-15-19(36-37(7,8)25(4,5)6)13-20(27)21(29)14-26-22(30)34-16-17-9-11-18(12-10-17)28(32)33/h9-12,19-21,29H,13-16H2,1-8H3,(H,26,30)/t19-,20+,21-/m1/s1. The lowest BCUT2D eigenvalue weighted by Gasteiger charge is -2.38. The average Bonchev–Trinajstić information content (AvgIpc) is 3.17. The Morgan fingerprint density at radius 3 is 2.30 bits per heavy atom. The molecule has 1 aliphatic rings. The number of hydrogen-bond acceptors (Lipinski definition) is 8. The molecule has 12 heteroatoms. The monoisotopic (exact) mass is 539 g/mol. The maximum atomic E-state index is 12.9. The quantitative estimate of drug-likeness (QED) is 0.278. The van der Waals surface area contributed by atoms with Crippen LogP contribution in [0, 0.1) is 10.1 Å². The molecule has 0 saturated carbocycles. The molecule has 0 aliphatic carbocycles. The Hall–Kier alpha value is -2.70. The summed E-state index contributed by atoms with van der Waals surface area (Å²) in [7, 11) is -2.12. The second-order valence-corrected chi connectivity index (χ2v) is 16.6. The molecule has 1 saturated heterocycles. The van der Waals surface area contributed by atoms with Crippen LogP contribution in [0.4, 0.5) is 15.3 Å². The smallest absolute Gasteiger partial charge is 0.410 e. The van der Waals surface area contributed by atoms with Crippen LogP contribution in [0.3, 0.4) is 0 Å². The van der Waals surface area contributed by atoms with Crippen molar-refractivity contribution in [2.45, 2.75) is 96.6 Å². The molecule has 0 bridgehead atoms. The Kier molecular flexibility index (Phi) is 9.72. The summed E-state index contributed by atoms with van der Waals surface area (Å²) >= 11 is 0. The van der Waals surface area contributed by atoms with E-state index >= 15 is 0 Å². The number of alkyl carbamates (subject to hydrolysis) is 1. The van der Waals surface area contributed by atoms with Gasteiger partial charge in [-0.1, -0.05) is 20.8 Å². The molecular formula is C25H41N3O8Si. The summed E-state index contributed by atoms with van der Waals surface area (Å²) in [4.78, 5) is 36.9. The summed E-state index contributed by atoms with van der Waals surface area (Å²) < 4.78 is 17.2. The fraction of sp³-hybridized carbons (Fsp3) is 0.680. The number of aliphatic hydroxyl groups is 1. The number of non-ortho nitro benzene ring substituents is 1. The second-order valence-electron chi connectivity index (χ2n) is 11.9. The van der Waals surface area contributed by atoms with Crippen molar-refractivity contribution in [1.82, 2.24) is 10.2 Å². The van der Waals surface area contributed by atoms with Gasteiger partial charge in [-0.2, -0.15) is 0 Å². The molecule has 2 N–H and O–H groups in total. The van der Waals surface area contributed by atoms with Gasteiger partial charge in [-0.25, -0.2) is 9.59 Å². The number of ether oxygens (including phenoxy) is 2. The Morgan fingerprint density at radius 2 is 1.78 bits per heavy atom. The van der Waals surface area contributed by atoms with Crippen LogP contribution in [0.5, 0.6) is 0 Å².